The molecule has 3 rings (SSSR count). The van der Waals surface area contributed by atoms with Crippen molar-refractivity contribution < 1.29 is 13.2 Å². The van der Waals surface area contributed by atoms with Gasteiger partial charge >= 0.3 is 0 Å². The lowest BCUT2D eigenvalue weighted by molar-refractivity contribution is -0.108. The molecule has 2 aromatic heterocycles. The number of anilines is 1. The van der Waals surface area contributed by atoms with Gasteiger partial charge in [-0.1, -0.05) is 6.92 Å². The van der Waals surface area contributed by atoms with Gasteiger partial charge in [-0.05, 0) is 24.8 Å². The van der Waals surface area contributed by atoms with Crippen LogP contribution in [-0.2, 0) is 14.8 Å². The van der Waals surface area contributed by atoms with Gasteiger partial charge in [0.05, 0.1) is 11.1 Å². The number of aldehydes is 1. The summed E-state index contributed by atoms with van der Waals surface area (Å²) in [5.74, 6) is 0.659. The summed E-state index contributed by atoms with van der Waals surface area (Å²) >= 11 is 0. The zero-order valence-electron chi connectivity index (χ0n) is 14.3. The average Bonchev–Trinajstić information content (AvgIpc) is 2.98. The van der Waals surface area contributed by atoms with Crippen molar-refractivity contribution in [2.75, 3.05) is 17.7 Å². The standard InChI is InChI=1S/C16H23N5O3S/c1-11(4-6-22)9-25(23,24)20-12-7-13(8-12)21(2)16-14-3-5-17-15(14)18-10-19-16/h3,5-6,10-13,20H,4,7-9H2,1-2H3,(H,17,18,19). The highest BCUT2D eigenvalue weighted by Gasteiger charge is 2.35. The Morgan fingerprint density at radius 3 is 2.92 bits per heavy atom. The molecule has 1 aliphatic carbocycles. The molecule has 8 nitrogen and oxygen atoms in total. The lowest BCUT2D eigenvalue weighted by atomic mass is 9.86. The van der Waals surface area contributed by atoms with E-state index in [-0.39, 0.29) is 30.2 Å². The van der Waals surface area contributed by atoms with Gasteiger partial charge in [0.25, 0.3) is 0 Å². The van der Waals surface area contributed by atoms with Crippen LogP contribution in [0.2, 0.25) is 0 Å². The SMILES string of the molecule is CC(CC=O)CS(=O)(=O)NC1CC(N(C)c2ncnc3[nH]ccc23)C1. The van der Waals surface area contributed by atoms with Crippen molar-refractivity contribution >= 4 is 33.2 Å². The van der Waals surface area contributed by atoms with Crippen LogP contribution in [0.1, 0.15) is 26.2 Å². The first-order valence-electron chi connectivity index (χ1n) is 8.34. The highest BCUT2D eigenvalue weighted by molar-refractivity contribution is 7.89. The summed E-state index contributed by atoms with van der Waals surface area (Å²) in [5, 5.41) is 0.955. The summed E-state index contributed by atoms with van der Waals surface area (Å²) in [6.07, 6.45) is 5.84. The number of sulfonamides is 1. The highest BCUT2D eigenvalue weighted by atomic mass is 32.2. The van der Waals surface area contributed by atoms with Gasteiger partial charge in [-0.25, -0.2) is 23.1 Å². The van der Waals surface area contributed by atoms with Crippen molar-refractivity contribution in [3.63, 3.8) is 0 Å². The minimum Gasteiger partial charge on any atom is -0.356 e. The molecule has 1 aliphatic rings. The molecule has 1 unspecified atom stereocenters. The fraction of sp³-hybridized carbons (Fsp3) is 0.562. The van der Waals surface area contributed by atoms with Gasteiger partial charge in [0.1, 0.15) is 24.1 Å². The minimum atomic E-state index is -3.36. The fourth-order valence-electron chi connectivity index (χ4n) is 3.22. The number of H-pyrrole nitrogens is 1. The van der Waals surface area contributed by atoms with Crippen LogP contribution in [0.4, 0.5) is 5.82 Å². The molecule has 2 N–H and O–H groups in total. The number of aromatic nitrogens is 3. The Morgan fingerprint density at radius 1 is 1.44 bits per heavy atom. The molecule has 1 atom stereocenters. The molecular weight excluding hydrogens is 342 g/mol. The van der Waals surface area contributed by atoms with Crippen LogP contribution in [-0.4, -0.2) is 54.5 Å². The van der Waals surface area contributed by atoms with Crippen LogP contribution in [0, 0.1) is 5.92 Å². The summed E-state index contributed by atoms with van der Waals surface area (Å²) in [6.45, 7) is 1.77. The Hall–Kier alpha value is -2.00. The van der Waals surface area contributed by atoms with Gasteiger partial charge in [-0.15, -0.1) is 0 Å². The molecule has 9 heteroatoms. The van der Waals surface area contributed by atoms with Crippen LogP contribution < -0.4 is 9.62 Å². The Kier molecular flexibility index (Phi) is 5.05. The topological polar surface area (TPSA) is 108 Å². The van der Waals surface area contributed by atoms with E-state index in [9.17, 15) is 13.2 Å². The van der Waals surface area contributed by atoms with Crippen LogP contribution in [0.5, 0.6) is 0 Å². The van der Waals surface area contributed by atoms with Crippen LogP contribution >= 0.6 is 0 Å². The minimum absolute atomic E-state index is 0.0152. The molecule has 1 saturated carbocycles. The second-order valence-corrected chi connectivity index (χ2v) is 8.58. The average molecular weight is 365 g/mol. The Balaban J connectivity index is 1.57. The zero-order chi connectivity index (χ0) is 18.0. The van der Waals surface area contributed by atoms with Gasteiger partial charge in [-0.2, -0.15) is 0 Å². The number of rotatable bonds is 8. The molecule has 0 aromatic carbocycles. The summed E-state index contributed by atoms with van der Waals surface area (Å²) in [7, 11) is -1.39. The molecule has 1 fully saturated rings. The van der Waals surface area contributed by atoms with Crippen molar-refractivity contribution in [1.29, 1.82) is 0 Å². The van der Waals surface area contributed by atoms with E-state index in [1.54, 1.807) is 6.92 Å². The van der Waals surface area contributed by atoms with E-state index in [1.165, 1.54) is 6.33 Å². The molecule has 2 heterocycles. The Labute approximate surface area is 147 Å². The second-order valence-electron chi connectivity index (χ2n) is 6.78. The molecule has 0 aliphatic heterocycles. The van der Waals surface area contributed by atoms with Crippen LogP contribution in [0.25, 0.3) is 11.0 Å². The van der Waals surface area contributed by atoms with Crippen molar-refractivity contribution in [3.8, 4) is 0 Å². The maximum absolute atomic E-state index is 12.1. The van der Waals surface area contributed by atoms with Gasteiger partial charge in [0, 0.05) is 31.7 Å². The van der Waals surface area contributed by atoms with Gasteiger partial charge in [0.2, 0.25) is 10.0 Å². The smallest absolute Gasteiger partial charge is 0.212 e. The van der Waals surface area contributed by atoms with E-state index in [0.717, 1.165) is 36.0 Å². The van der Waals surface area contributed by atoms with Crippen molar-refractivity contribution in [2.24, 2.45) is 5.92 Å². The maximum atomic E-state index is 12.1. The fourth-order valence-corrected chi connectivity index (χ4v) is 4.90. The third kappa shape index (κ3) is 3.98. The first-order valence-corrected chi connectivity index (χ1v) is 9.99. The number of carbonyl (C=O) groups is 1. The van der Waals surface area contributed by atoms with E-state index in [0.29, 0.717) is 0 Å². The quantitative estimate of drug-likeness (QED) is 0.678. The lowest BCUT2D eigenvalue weighted by Crippen LogP contribution is -2.53. The largest absolute Gasteiger partial charge is 0.356 e. The van der Waals surface area contributed by atoms with E-state index in [2.05, 4.69) is 24.6 Å². The van der Waals surface area contributed by atoms with Gasteiger partial charge in [-0.3, -0.25) is 0 Å². The Bertz CT molecular complexity index is 844. The summed E-state index contributed by atoms with van der Waals surface area (Å²) < 4.78 is 27.0. The third-order valence-electron chi connectivity index (χ3n) is 4.68. The van der Waals surface area contributed by atoms with Crippen LogP contribution in [0.3, 0.4) is 0 Å². The Morgan fingerprint density at radius 2 is 2.20 bits per heavy atom. The number of fused-ring (bicyclic) bond motifs is 1. The number of aromatic amines is 1. The molecule has 0 saturated heterocycles. The molecule has 136 valence electrons. The first kappa shape index (κ1) is 17.8. The monoisotopic (exact) mass is 365 g/mol. The number of nitrogens with one attached hydrogen (secondary N) is 2. The van der Waals surface area contributed by atoms with Gasteiger partial charge < -0.3 is 14.7 Å². The number of hydrogen-bond donors (Lipinski definition) is 2. The lowest BCUT2D eigenvalue weighted by Gasteiger charge is -2.42. The molecule has 2 aromatic rings. The molecule has 0 amide bonds. The van der Waals surface area contributed by atoms with E-state index in [1.807, 2.05) is 19.3 Å². The predicted molar refractivity (Wildman–Crippen MR) is 95.9 cm³/mol. The van der Waals surface area contributed by atoms with E-state index in [4.69, 9.17) is 0 Å². The zero-order valence-corrected chi connectivity index (χ0v) is 15.2. The van der Waals surface area contributed by atoms with E-state index >= 15 is 0 Å². The summed E-state index contributed by atoms with van der Waals surface area (Å²) in [4.78, 5) is 24.2. The maximum Gasteiger partial charge on any atom is 0.212 e. The van der Waals surface area contributed by atoms with Crippen molar-refractivity contribution in [2.45, 2.75) is 38.3 Å². The molecule has 0 spiro atoms. The number of hydrogen-bond acceptors (Lipinski definition) is 6. The first-order chi connectivity index (χ1) is 11.9. The van der Waals surface area contributed by atoms with Gasteiger partial charge in [0.15, 0.2) is 0 Å². The normalized spacial score (nSPS) is 21.7. The second kappa shape index (κ2) is 7.09. The van der Waals surface area contributed by atoms with Crippen molar-refractivity contribution in [1.82, 2.24) is 19.7 Å². The molecule has 25 heavy (non-hydrogen) atoms. The summed E-state index contributed by atoms with van der Waals surface area (Å²) in [5.41, 5.74) is 0.789. The highest BCUT2D eigenvalue weighted by Crippen LogP contribution is 2.31. The summed E-state index contributed by atoms with van der Waals surface area (Å²) in [6, 6.07) is 2.10. The predicted octanol–water partition coefficient (Wildman–Crippen LogP) is 1.07. The number of nitrogens with zero attached hydrogens (tertiary/aromatic N) is 3. The number of carbonyl (C=O) groups excluding carboxylic acids is 1. The third-order valence-corrected chi connectivity index (χ3v) is 6.38. The van der Waals surface area contributed by atoms with E-state index < -0.39 is 10.0 Å². The molecule has 0 radical (unpaired) electrons. The molecular formula is C16H23N5O3S. The van der Waals surface area contributed by atoms with Crippen molar-refractivity contribution in [3.05, 3.63) is 18.6 Å². The molecule has 0 bridgehead atoms. The van der Waals surface area contributed by atoms with Crippen LogP contribution in [0.15, 0.2) is 18.6 Å².